The van der Waals surface area contributed by atoms with E-state index < -0.39 is 0 Å². The van der Waals surface area contributed by atoms with Crippen molar-refractivity contribution < 1.29 is 9.53 Å². The lowest BCUT2D eigenvalue weighted by molar-refractivity contribution is -0.116. The molecule has 1 atom stereocenters. The fourth-order valence-corrected chi connectivity index (χ4v) is 4.71. The Morgan fingerprint density at radius 1 is 1.40 bits per heavy atom. The van der Waals surface area contributed by atoms with Crippen LogP contribution in [-0.4, -0.2) is 40.7 Å². The van der Waals surface area contributed by atoms with Crippen molar-refractivity contribution in [1.29, 1.82) is 0 Å². The third-order valence-electron chi connectivity index (χ3n) is 3.77. The van der Waals surface area contributed by atoms with Gasteiger partial charge in [-0.1, -0.05) is 11.8 Å². The van der Waals surface area contributed by atoms with E-state index in [2.05, 4.69) is 10.3 Å². The van der Waals surface area contributed by atoms with Gasteiger partial charge in [-0.2, -0.15) is 0 Å². The van der Waals surface area contributed by atoms with Gasteiger partial charge >= 0.3 is 6.03 Å². The third kappa shape index (κ3) is 4.96. The molecule has 2 heterocycles. The Hall–Kier alpha value is -1.57. The lowest BCUT2D eigenvalue weighted by atomic mass is 10.1. The van der Waals surface area contributed by atoms with Crippen molar-refractivity contribution in [3.05, 3.63) is 35.3 Å². The molecule has 0 bridgehead atoms. The van der Waals surface area contributed by atoms with Gasteiger partial charge in [0.2, 0.25) is 0 Å². The van der Waals surface area contributed by atoms with Gasteiger partial charge in [0.1, 0.15) is 0 Å². The van der Waals surface area contributed by atoms with Crippen molar-refractivity contribution in [2.45, 2.75) is 48.6 Å². The summed E-state index contributed by atoms with van der Waals surface area (Å²) in [5.41, 5.74) is 1.52. The van der Waals surface area contributed by atoms with Gasteiger partial charge in [-0.15, -0.1) is 11.3 Å². The zero-order valence-corrected chi connectivity index (χ0v) is 16.5. The number of carbonyl (C=O) groups is 1. The normalized spacial score (nSPS) is 19.7. The number of rotatable bonds is 3. The predicted octanol–water partition coefficient (Wildman–Crippen LogP) is 4.63. The number of hydrogen-bond acceptors (Lipinski definition) is 5. The Balaban J connectivity index is 1.60. The minimum Gasteiger partial charge on any atom is -0.369 e. The molecule has 1 N–H and O–H groups in total. The van der Waals surface area contributed by atoms with Gasteiger partial charge < -0.3 is 15.0 Å². The van der Waals surface area contributed by atoms with Crippen LogP contribution in [0.15, 0.2) is 38.9 Å². The molecule has 0 aliphatic carbocycles. The van der Waals surface area contributed by atoms with Crippen LogP contribution < -0.4 is 5.32 Å². The van der Waals surface area contributed by atoms with E-state index in [0.717, 1.165) is 20.6 Å². The highest BCUT2D eigenvalue weighted by Crippen LogP contribution is 2.31. The molecule has 1 aliphatic heterocycles. The van der Waals surface area contributed by atoms with Crippen molar-refractivity contribution in [3.63, 3.8) is 0 Å². The summed E-state index contributed by atoms with van der Waals surface area (Å²) in [5.74, 6) is 0. The van der Waals surface area contributed by atoms with Crippen LogP contribution in [0.1, 0.15) is 26.5 Å². The molecule has 1 aromatic heterocycles. The summed E-state index contributed by atoms with van der Waals surface area (Å²) in [6.07, 6.45) is 0.0371. The molecular formula is C18H23N3O2S2. The predicted molar refractivity (Wildman–Crippen MR) is 103 cm³/mol. The number of thiazole rings is 1. The van der Waals surface area contributed by atoms with Crippen molar-refractivity contribution >= 4 is 34.8 Å². The number of amides is 2. The highest BCUT2D eigenvalue weighted by Gasteiger charge is 2.33. The first kappa shape index (κ1) is 18.2. The number of morpholine rings is 1. The minimum atomic E-state index is -0.318. The van der Waals surface area contributed by atoms with Crippen LogP contribution in [-0.2, 0) is 4.74 Å². The Labute approximate surface area is 156 Å². The number of benzene rings is 1. The Morgan fingerprint density at radius 3 is 2.72 bits per heavy atom. The smallest absolute Gasteiger partial charge is 0.322 e. The lowest BCUT2D eigenvalue weighted by Gasteiger charge is -2.41. The molecule has 7 heteroatoms. The summed E-state index contributed by atoms with van der Waals surface area (Å²) >= 11 is 3.27. The van der Waals surface area contributed by atoms with E-state index in [1.165, 1.54) is 0 Å². The second-order valence-corrected chi connectivity index (χ2v) is 9.06. The second kappa shape index (κ2) is 7.35. The summed E-state index contributed by atoms with van der Waals surface area (Å²) in [6.45, 7) is 9.19. The van der Waals surface area contributed by atoms with Gasteiger partial charge in [-0.05, 0) is 52.0 Å². The Bertz CT molecular complexity index is 743. The molecule has 25 heavy (non-hydrogen) atoms. The van der Waals surface area contributed by atoms with E-state index in [-0.39, 0.29) is 17.7 Å². The standard InChI is InChI=1S/C18H23N3O2S2/c1-12-10-24-17(19-12)25-15-7-5-14(6-8-15)20-16(22)21-9-13(2)23-18(3,4)11-21/h5-8,10,13H,9,11H2,1-4H3,(H,20,22)/t13-/m0/s1. The van der Waals surface area contributed by atoms with Crippen LogP contribution in [0.3, 0.4) is 0 Å². The lowest BCUT2D eigenvalue weighted by Crippen LogP contribution is -2.54. The van der Waals surface area contributed by atoms with Crippen LogP contribution in [0.4, 0.5) is 10.5 Å². The molecule has 0 saturated carbocycles. The molecular weight excluding hydrogens is 354 g/mol. The first-order valence-electron chi connectivity index (χ1n) is 8.24. The van der Waals surface area contributed by atoms with Crippen molar-refractivity contribution in [2.24, 2.45) is 0 Å². The summed E-state index contributed by atoms with van der Waals surface area (Å²) in [5, 5.41) is 5.02. The van der Waals surface area contributed by atoms with Gasteiger partial charge in [0.15, 0.2) is 4.34 Å². The van der Waals surface area contributed by atoms with E-state index >= 15 is 0 Å². The minimum absolute atomic E-state index is 0.0371. The average Bonchev–Trinajstić information content (AvgIpc) is 2.92. The molecule has 3 rings (SSSR count). The fourth-order valence-electron chi connectivity index (χ4n) is 2.90. The van der Waals surface area contributed by atoms with Crippen molar-refractivity contribution in [1.82, 2.24) is 9.88 Å². The number of hydrogen-bond donors (Lipinski definition) is 1. The zero-order chi connectivity index (χ0) is 18.0. The number of ether oxygens (including phenoxy) is 1. The molecule has 1 fully saturated rings. The number of aromatic nitrogens is 1. The van der Waals surface area contributed by atoms with Gasteiger partial charge in [0.05, 0.1) is 18.2 Å². The highest BCUT2D eigenvalue weighted by atomic mass is 32.2. The Morgan fingerprint density at radius 2 is 2.12 bits per heavy atom. The zero-order valence-electron chi connectivity index (χ0n) is 14.9. The van der Waals surface area contributed by atoms with Gasteiger partial charge in [-0.25, -0.2) is 9.78 Å². The number of anilines is 1. The third-order valence-corrected chi connectivity index (χ3v) is 5.83. The molecule has 2 amide bonds. The van der Waals surface area contributed by atoms with E-state index in [1.54, 1.807) is 23.1 Å². The van der Waals surface area contributed by atoms with Crippen molar-refractivity contribution in [2.75, 3.05) is 18.4 Å². The summed E-state index contributed by atoms with van der Waals surface area (Å²) < 4.78 is 6.88. The topological polar surface area (TPSA) is 54.5 Å². The molecule has 134 valence electrons. The fraction of sp³-hybridized carbons (Fsp3) is 0.444. The summed E-state index contributed by atoms with van der Waals surface area (Å²) in [7, 11) is 0. The van der Waals surface area contributed by atoms with Crippen LogP contribution in [0, 0.1) is 6.92 Å². The first-order valence-corrected chi connectivity index (χ1v) is 9.94. The van der Waals surface area contributed by atoms with E-state index in [4.69, 9.17) is 4.74 Å². The molecule has 1 aromatic carbocycles. The van der Waals surface area contributed by atoms with E-state index in [0.29, 0.717) is 13.1 Å². The second-order valence-electron chi connectivity index (χ2n) is 6.88. The number of carbonyl (C=O) groups excluding carboxylic acids is 1. The van der Waals surface area contributed by atoms with Gasteiger partial charge in [0, 0.05) is 28.2 Å². The molecule has 5 nitrogen and oxygen atoms in total. The molecule has 0 radical (unpaired) electrons. The highest BCUT2D eigenvalue weighted by molar-refractivity contribution is 8.01. The molecule has 2 aromatic rings. The number of nitrogens with one attached hydrogen (secondary N) is 1. The van der Waals surface area contributed by atoms with Crippen molar-refractivity contribution in [3.8, 4) is 0 Å². The SMILES string of the molecule is Cc1csc(Sc2ccc(NC(=O)N3C[C@H](C)OC(C)(C)C3)cc2)n1. The largest absolute Gasteiger partial charge is 0.369 e. The Kier molecular flexibility index (Phi) is 5.36. The molecule has 0 spiro atoms. The van der Waals surface area contributed by atoms with Crippen LogP contribution in [0.5, 0.6) is 0 Å². The van der Waals surface area contributed by atoms with E-state index in [9.17, 15) is 4.79 Å². The monoisotopic (exact) mass is 377 g/mol. The van der Waals surface area contributed by atoms with Crippen LogP contribution >= 0.6 is 23.1 Å². The van der Waals surface area contributed by atoms with Gasteiger partial charge in [-0.3, -0.25) is 0 Å². The molecule has 0 unspecified atom stereocenters. The average molecular weight is 378 g/mol. The molecule has 1 aliphatic rings. The quantitative estimate of drug-likeness (QED) is 0.847. The summed E-state index contributed by atoms with van der Waals surface area (Å²) in [4.78, 5) is 19.9. The maximum Gasteiger partial charge on any atom is 0.322 e. The molecule has 1 saturated heterocycles. The maximum atomic E-state index is 12.5. The van der Waals surface area contributed by atoms with Crippen LogP contribution in [0.2, 0.25) is 0 Å². The van der Waals surface area contributed by atoms with Gasteiger partial charge in [0.25, 0.3) is 0 Å². The maximum absolute atomic E-state index is 12.5. The van der Waals surface area contributed by atoms with Crippen LogP contribution in [0.25, 0.3) is 0 Å². The summed E-state index contributed by atoms with van der Waals surface area (Å²) in [6, 6.07) is 7.77. The number of urea groups is 1. The first-order chi connectivity index (χ1) is 11.8. The number of nitrogens with zero attached hydrogens (tertiary/aromatic N) is 2. The number of aryl methyl sites for hydroxylation is 1. The van der Waals surface area contributed by atoms with E-state index in [1.807, 2.05) is 62.2 Å².